The van der Waals surface area contributed by atoms with E-state index in [1.807, 2.05) is 73.2 Å². The van der Waals surface area contributed by atoms with E-state index >= 15 is 0 Å². The zero-order valence-electron chi connectivity index (χ0n) is 42.2. The zero-order chi connectivity index (χ0) is 51.6. The average Bonchev–Trinajstić information content (AvgIpc) is 4.08. The molecule has 1 aromatic carbocycles. The third-order valence-corrected chi connectivity index (χ3v) is 14.0. The Balaban J connectivity index is 0.853. The Bertz CT molecular complexity index is 2380. The van der Waals surface area contributed by atoms with E-state index < -0.39 is 35.4 Å². The number of ether oxygens (including phenoxy) is 3. The van der Waals surface area contributed by atoms with Crippen LogP contribution in [0.4, 0.5) is 17.8 Å². The van der Waals surface area contributed by atoms with Crippen LogP contribution in [0.3, 0.4) is 0 Å². The molecular formula is C49H70N12O9S2. The van der Waals surface area contributed by atoms with Gasteiger partial charge in [-0.15, -0.1) is 22.7 Å². The molecule has 6 rings (SSSR count). The first-order chi connectivity index (χ1) is 34.5. The van der Waals surface area contributed by atoms with E-state index in [2.05, 4.69) is 37.3 Å². The van der Waals surface area contributed by atoms with Crippen molar-refractivity contribution in [3.8, 4) is 10.4 Å². The molecule has 0 aliphatic carbocycles. The number of anilines is 3. The lowest BCUT2D eigenvalue weighted by Crippen LogP contribution is -2.58. The van der Waals surface area contributed by atoms with Crippen molar-refractivity contribution in [2.45, 2.75) is 78.6 Å². The van der Waals surface area contributed by atoms with Crippen LogP contribution in [0.2, 0.25) is 0 Å². The minimum Gasteiger partial charge on any atom is -0.391 e. The number of carbonyl (C=O) groups is 5. The van der Waals surface area contributed by atoms with Gasteiger partial charge in [0.2, 0.25) is 47.4 Å². The highest BCUT2D eigenvalue weighted by molar-refractivity contribution is 7.13. The van der Waals surface area contributed by atoms with Gasteiger partial charge in [0.1, 0.15) is 18.7 Å². The minimum atomic E-state index is -0.986. The molecule has 392 valence electrons. The first kappa shape index (κ1) is 55.5. The highest BCUT2D eigenvalue weighted by Gasteiger charge is 2.44. The lowest BCUT2D eigenvalue weighted by atomic mass is 9.85. The number of amides is 5. The predicted octanol–water partition coefficient (Wildman–Crippen LogP) is 2.49. The van der Waals surface area contributed by atoms with Crippen molar-refractivity contribution in [1.29, 1.82) is 0 Å². The van der Waals surface area contributed by atoms with Crippen molar-refractivity contribution in [1.82, 2.24) is 45.7 Å². The molecule has 21 nitrogen and oxygen atoms in total. The van der Waals surface area contributed by atoms with Gasteiger partial charge in [-0.2, -0.15) is 15.0 Å². The van der Waals surface area contributed by atoms with Gasteiger partial charge in [0, 0.05) is 77.6 Å². The van der Waals surface area contributed by atoms with Crippen LogP contribution in [0.25, 0.3) is 10.4 Å². The Morgan fingerprint density at radius 2 is 1.64 bits per heavy atom. The van der Waals surface area contributed by atoms with Crippen LogP contribution < -0.4 is 31.1 Å². The first-order valence-corrected chi connectivity index (χ1v) is 26.1. The molecular weight excluding hydrogens is 965 g/mol. The van der Waals surface area contributed by atoms with Gasteiger partial charge < -0.3 is 60.2 Å². The first-order valence-electron chi connectivity index (χ1n) is 24.3. The molecule has 23 heteroatoms. The van der Waals surface area contributed by atoms with Crippen molar-refractivity contribution in [3.05, 3.63) is 63.4 Å². The molecule has 0 radical (unpaired) electrons. The van der Waals surface area contributed by atoms with Gasteiger partial charge in [0.15, 0.2) is 0 Å². The van der Waals surface area contributed by atoms with Gasteiger partial charge in [0.25, 0.3) is 0 Å². The Morgan fingerprint density at radius 3 is 2.33 bits per heavy atom. The average molecular weight is 1040 g/mol. The minimum absolute atomic E-state index is 0.00151. The number of aliphatic hydroxyl groups is 1. The molecule has 0 spiro atoms. The van der Waals surface area contributed by atoms with E-state index in [0.29, 0.717) is 50.6 Å². The van der Waals surface area contributed by atoms with E-state index in [9.17, 15) is 29.1 Å². The van der Waals surface area contributed by atoms with E-state index in [4.69, 9.17) is 24.2 Å². The molecule has 2 aliphatic rings. The van der Waals surface area contributed by atoms with Crippen LogP contribution in [0.15, 0.2) is 47.3 Å². The van der Waals surface area contributed by atoms with Crippen LogP contribution in [-0.4, -0.2) is 182 Å². The SMILES string of the molecule is CC(=O)N1CCCN(c2nc(NCCc3cccs3)nc(N(C)CC(=O)NCCOCCOCCOCC(=O)N[C@H](C(=O)N3C[C@H](O)C[C@H]3C(=O)NCc3ccc(-c4scnc4C)cc3)C(C)(C)C)n2)CC1. The number of aryl methyl sites for hydroxylation is 1. The summed E-state index contributed by atoms with van der Waals surface area (Å²) in [6, 6.07) is 10.1. The van der Waals surface area contributed by atoms with E-state index in [-0.39, 0.29) is 90.0 Å². The van der Waals surface area contributed by atoms with E-state index in [1.54, 1.807) is 47.1 Å². The Labute approximate surface area is 429 Å². The molecule has 0 saturated carbocycles. The molecule has 5 N–H and O–H groups in total. The number of benzene rings is 1. The number of thiazole rings is 1. The monoisotopic (exact) mass is 1030 g/mol. The second-order valence-corrected chi connectivity index (χ2v) is 20.7. The van der Waals surface area contributed by atoms with Crippen molar-refractivity contribution >= 4 is 70.1 Å². The Kier molecular flexibility index (Phi) is 21.0. The van der Waals surface area contributed by atoms with Gasteiger partial charge >= 0.3 is 0 Å². The second kappa shape index (κ2) is 27.3. The van der Waals surface area contributed by atoms with E-state index in [1.165, 1.54) is 9.78 Å². The number of aliphatic hydroxyl groups excluding tert-OH is 1. The third-order valence-electron chi connectivity index (χ3n) is 12.0. The highest BCUT2D eigenvalue weighted by atomic mass is 32.1. The van der Waals surface area contributed by atoms with Crippen LogP contribution in [0.5, 0.6) is 0 Å². The Morgan fingerprint density at radius 1 is 0.889 bits per heavy atom. The van der Waals surface area contributed by atoms with Gasteiger partial charge in [-0.25, -0.2) is 4.98 Å². The Hall–Kier alpha value is -5.85. The van der Waals surface area contributed by atoms with Gasteiger partial charge in [-0.3, -0.25) is 24.0 Å². The summed E-state index contributed by atoms with van der Waals surface area (Å²) >= 11 is 3.25. The molecule has 3 aromatic heterocycles. The van der Waals surface area contributed by atoms with E-state index in [0.717, 1.165) is 34.5 Å². The van der Waals surface area contributed by atoms with Crippen molar-refractivity contribution in [2.75, 3.05) is 114 Å². The maximum absolute atomic E-state index is 14.0. The molecule has 0 bridgehead atoms. The second-order valence-electron chi connectivity index (χ2n) is 18.8. The summed E-state index contributed by atoms with van der Waals surface area (Å²) in [5.41, 5.74) is 3.97. The summed E-state index contributed by atoms with van der Waals surface area (Å²) in [5.74, 6) is -0.312. The standard InChI is InChI=1S/C49H70N12O9S2/c1-33-42(72-32-53-33)36-12-10-35(11-13-36)28-52-44(66)39-27-37(63)29-61(39)45(67)43(49(3,4)5)54-41(65)31-70-25-24-69-23-22-68-21-16-50-40(64)30-58(6)47-55-46(51-15-14-38-9-7-26-71-38)56-48(57-47)60-18-8-17-59(19-20-60)34(2)62/h7,9-13,26,32,37,39,43,63H,8,14-25,27-31H2,1-6H3,(H,50,64)(H,52,66)(H,54,65)(H,51,55,56,57)/t37-,39+,43-/m1/s1. The molecule has 5 amide bonds. The molecule has 2 saturated heterocycles. The summed E-state index contributed by atoms with van der Waals surface area (Å²) in [5, 5.41) is 24.5. The number of aromatic nitrogens is 4. The summed E-state index contributed by atoms with van der Waals surface area (Å²) in [7, 11) is 1.75. The normalized spacial score (nSPS) is 16.5. The molecule has 72 heavy (non-hydrogen) atoms. The quantitative estimate of drug-likeness (QED) is 0.0599. The summed E-state index contributed by atoms with van der Waals surface area (Å²) < 4.78 is 16.7. The maximum atomic E-state index is 14.0. The highest BCUT2D eigenvalue weighted by Crippen LogP contribution is 2.29. The molecule has 2 fully saturated rings. The summed E-state index contributed by atoms with van der Waals surface area (Å²) in [6.45, 7) is 13.4. The molecule has 4 aromatic rings. The number of hydrogen-bond donors (Lipinski definition) is 5. The molecule has 5 heterocycles. The van der Waals surface area contributed by atoms with Crippen LogP contribution >= 0.6 is 22.7 Å². The smallest absolute Gasteiger partial charge is 0.246 e. The number of carbonyl (C=O) groups excluding carboxylic acids is 5. The maximum Gasteiger partial charge on any atom is 0.246 e. The van der Waals surface area contributed by atoms with Crippen LogP contribution in [0, 0.1) is 12.3 Å². The lowest BCUT2D eigenvalue weighted by molar-refractivity contribution is -0.144. The van der Waals surface area contributed by atoms with Crippen molar-refractivity contribution in [2.24, 2.45) is 5.41 Å². The lowest BCUT2D eigenvalue weighted by Gasteiger charge is -2.35. The predicted molar refractivity (Wildman–Crippen MR) is 276 cm³/mol. The number of thiophene rings is 1. The van der Waals surface area contributed by atoms with Crippen LogP contribution in [0.1, 0.15) is 56.7 Å². The number of hydrogen-bond acceptors (Lipinski definition) is 18. The number of nitrogens with one attached hydrogen (secondary N) is 4. The van der Waals surface area contributed by atoms with Gasteiger partial charge in [-0.1, -0.05) is 51.1 Å². The van der Waals surface area contributed by atoms with Crippen molar-refractivity contribution < 1.29 is 43.3 Å². The largest absolute Gasteiger partial charge is 0.391 e. The molecule has 3 atom stereocenters. The zero-order valence-corrected chi connectivity index (χ0v) is 43.8. The summed E-state index contributed by atoms with van der Waals surface area (Å²) in [4.78, 5) is 93.0. The molecule has 2 aliphatic heterocycles. The fraction of sp³-hybridized carbons (Fsp3) is 0.571. The van der Waals surface area contributed by atoms with Gasteiger partial charge in [-0.05, 0) is 47.8 Å². The number of nitrogens with zero attached hydrogens (tertiary/aromatic N) is 8. The van der Waals surface area contributed by atoms with Crippen LogP contribution in [-0.2, 0) is 51.1 Å². The van der Waals surface area contributed by atoms with Gasteiger partial charge in [0.05, 0.1) is 61.8 Å². The fourth-order valence-electron chi connectivity index (χ4n) is 8.12. The number of rotatable bonds is 25. The molecule has 0 unspecified atom stereocenters. The third kappa shape index (κ3) is 16.9. The number of β-amino-alcohol motifs (C(OH)–C–C–N with tert-alkyl or cyclic N) is 1. The fourth-order valence-corrected chi connectivity index (χ4v) is 9.64. The summed E-state index contributed by atoms with van der Waals surface area (Å²) in [6.07, 6.45) is 0.786. The van der Waals surface area contributed by atoms with Crippen molar-refractivity contribution in [3.63, 3.8) is 0 Å². The number of likely N-dealkylation sites (N-methyl/N-ethyl adjacent to an activating group) is 1. The topological polar surface area (TPSA) is 246 Å². The number of likely N-dealkylation sites (tertiary alicyclic amines) is 1.